The third-order valence-corrected chi connectivity index (χ3v) is 2.59. The van der Waals surface area contributed by atoms with Crippen LogP contribution in [-0.4, -0.2) is 35.1 Å². The van der Waals surface area contributed by atoms with Gasteiger partial charge in [-0.25, -0.2) is 9.98 Å². The van der Waals surface area contributed by atoms with Crippen LogP contribution in [0.3, 0.4) is 0 Å². The maximum Gasteiger partial charge on any atom is 0.211 e. The number of nitrogens with zero attached hydrogens (tertiary/aromatic N) is 4. The Morgan fingerprint density at radius 1 is 0.929 bits per heavy atom. The number of hydrogen-bond acceptors (Lipinski definition) is 4. The van der Waals surface area contributed by atoms with Crippen molar-refractivity contribution in [2.45, 2.75) is 0 Å². The van der Waals surface area contributed by atoms with Crippen LogP contribution in [0.25, 0.3) is 0 Å². The van der Waals surface area contributed by atoms with Gasteiger partial charge >= 0.3 is 0 Å². The average molecular weight is 192 g/mol. The van der Waals surface area contributed by atoms with Crippen LogP contribution in [0.15, 0.2) is 33.8 Å². The van der Waals surface area contributed by atoms with Crippen LogP contribution < -0.4 is 0 Å². The van der Waals surface area contributed by atoms with Crippen molar-refractivity contribution >= 4 is 12.4 Å². The lowest BCUT2D eigenvalue weighted by molar-refractivity contribution is -0.838. The van der Waals surface area contributed by atoms with Crippen molar-refractivity contribution in [1.82, 2.24) is 0 Å². The molecule has 0 radical (unpaired) electrons. The van der Waals surface area contributed by atoms with Crippen LogP contribution in [0.2, 0.25) is 0 Å². The molecule has 0 aliphatic carbocycles. The summed E-state index contributed by atoms with van der Waals surface area (Å²) in [5.41, 5.74) is 0.823. The first-order valence-electron chi connectivity index (χ1n) is 4.26. The van der Waals surface area contributed by atoms with E-state index in [2.05, 4.69) is 9.98 Å². The summed E-state index contributed by atoms with van der Waals surface area (Å²) in [7, 11) is 0. The maximum atomic E-state index is 12.0. The predicted octanol–water partition coefficient (Wildman–Crippen LogP) is 0.396. The van der Waals surface area contributed by atoms with Crippen LogP contribution in [0.4, 0.5) is 0 Å². The van der Waals surface area contributed by atoms with Gasteiger partial charge < -0.3 is 10.4 Å². The minimum atomic E-state index is -0.649. The van der Waals surface area contributed by atoms with Gasteiger partial charge in [-0.2, -0.15) is 0 Å². The molecule has 0 aromatic carbocycles. The minimum absolute atomic E-state index is 0.128. The van der Waals surface area contributed by atoms with Crippen LogP contribution in [-0.2, 0) is 0 Å². The Labute approximate surface area is 80.1 Å². The van der Waals surface area contributed by atoms with Gasteiger partial charge in [-0.05, 0) is 0 Å². The molecule has 0 N–H and O–H groups in total. The largest absolute Gasteiger partial charge is 0.621 e. The van der Waals surface area contributed by atoms with Crippen molar-refractivity contribution in [3.05, 3.63) is 34.2 Å². The molecule has 6 nitrogen and oxygen atoms in total. The molecule has 3 rings (SSSR count). The number of rotatable bonds is 0. The molecule has 0 spiro atoms. The molecule has 3 heterocycles. The smallest absolute Gasteiger partial charge is 0.211 e. The van der Waals surface area contributed by atoms with E-state index in [-0.39, 0.29) is 13.3 Å². The molecule has 3 aliphatic rings. The van der Waals surface area contributed by atoms with Crippen molar-refractivity contribution < 1.29 is 9.29 Å². The van der Waals surface area contributed by atoms with Gasteiger partial charge in [-0.1, -0.05) is 0 Å². The Hall–Kier alpha value is -1.34. The van der Waals surface area contributed by atoms with E-state index in [0.29, 0.717) is 11.4 Å². The summed E-state index contributed by atoms with van der Waals surface area (Å²) in [4.78, 5) is 7.77. The second-order valence-electron chi connectivity index (χ2n) is 3.61. The molecule has 14 heavy (non-hydrogen) atoms. The summed E-state index contributed by atoms with van der Waals surface area (Å²) in [6.07, 6.45) is 5.73. The molecule has 2 atom stereocenters. The maximum absolute atomic E-state index is 12.0. The minimum Gasteiger partial charge on any atom is -0.621 e. The molecule has 0 bridgehead atoms. The monoisotopic (exact) mass is 192 g/mol. The Morgan fingerprint density at radius 3 is 1.79 bits per heavy atom. The number of fused-ring (bicyclic) bond motifs is 2. The van der Waals surface area contributed by atoms with Crippen molar-refractivity contribution in [2.24, 2.45) is 9.98 Å². The predicted molar refractivity (Wildman–Crippen MR) is 50.1 cm³/mol. The summed E-state index contributed by atoms with van der Waals surface area (Å²) >= 11 is 0. The van der Waals surface area contributed by atoms with E-state index in [1.165, 1.54) is 24.8 Å². The van der Waals surface area contributed by atoms with Crippen LogP contribution >= 0.6 is 0 Å². The van der Waals surface area contributed by atoms with E-state index in [4.69, 9.17) is 0 Å². The first-order chi connectivity index (χ1) is 6.62. The Kier molecular flexibility index (Phi) is 1.25. The van der Waals surface area contributed by atoms with Crippen molar-refractivity contribution in [3.8, 4) is 0 Å². The molecule has 0 aromatic heterocycles. The molecule has 0 saturated heterocycles. The standard InChI is InChI=1S/C8H8N4O2/c13-11-4-8-2-10-6-12(8,14)3-7(11)1-9-5-11/h1-4H,5-6H2. The summed E-state index contributed by atoms with van der Waals surface area (Å²) in [6.45, 7) is 0.256. The van der Waals surface area contributed by atoms with Crippen LogP contribution in [0.1, 0.15) is 0 Å². The Bertz CT molecular complexity index is 385. The second kappa shape index (κ2) is 2.18. The fourth-order valence-corrected chi connectivity index (χ4v) is 1.79. The van der Waals surface area contributed by atoms with Crippen molar-refractivity contribution in [3.63, 3.8) is 0 Å². The molecule has 0 aromatic rings. The molecule has 3 aliphatic heterocycles. The van der Waals surface area contributed by atoms with Gasteiger partial charge in [0.2, 0.25) is 11.4 Å². The van der Waals surface area contributed by atoms with Gasteiger partial charge in [0, 0.05) is 0 Å². The highest BCUT2D eigenvalue weighted by Gasteiger charge is 2.40. The van der Waals surface area contributed by atoms with Crippen LogP contribution in [0, 0.1) is 10.4 Å². The summed E-state index contributed by atoms with van der Waals surface area (Å²) < 4.78 is -1.30. The van der Waals surface area contributed by atoms with Gasteiger partial charge in [0.15, 0.2) is 25.7 Å². The first-order valence-corrected chi connectivity index (χ1v) is 4.26. The molecular formula is C8H8N4O2. The van der Waals surface area contributed by atoms with Crippen LogP contribution in [0.5, 0.6) is 0 Å². The zero-order valence-corrected chi connectivity index (χ0v) is 7.33. The topological polar surface area (TPSA) is 70.8 Å². The highest BCUT2D eigenvalue weighted by molar-refractivity contribution is 5.80. The van der Waals surface area contributed by atoms with E-state index in [1.54, 1.807) is 0 Å². The Morgan fingerprint density at radius 2 is 1.36 bits per heavy atom. The van der Waals surface area contributed by atoms with Gasteiger partial charge in [0.25, 0.3) is 0 Å². The lowest BCUT2D eigenvalue weighted by atomic mass is 10.3. The molecule has 0 amide bonds. The summed E-state index contributed by atoms with van der Waals surface area (Å²) in [6, 6.07) is 0. The van der Waals surface area contributed by atoms with E-state index in [1.807, 2.05) is 0 Å². The molecular weight excluding hydrogens is 184 g/mol. The van der Waals surface area contributed by atoms with E-state index in [0.717, 1.165) is 0 Å². The molecule has 6 heteroatoms. The highest BCUT2D eigenvalue weighted by atomic mass is 16.6. The third-order valence-electron chi connectivity index (χ3n) is 2.59. The molecule has 0 saturated carbocycles. The SMILES string of the molecule is [O-][N+]12C=C3C=NC[N+]3([O-])C=C1C=NC2. The van der Waals surface area contributed by atoms with Crippen molar-refractivity contribution in [2.75, 3.05) is 13.3 Å². The number of hydroxylamine groups is 6. The van der Waals surface area contributed by atoms with E-state index >= 15 is 0 Å². The molecule has 2 unspecified atom stereocenters. The van der Waals surface area contributed by atoms with Gasteiger partial charge in [-0.3, -0.25) is 9.29 Å². The van der Waals surface area contributed by atoms with Crippen molar-refractivity contribution in [1.29, 1.82) is 0 Å². The van der Waals surface area contributed by atoms with Gasteiger partial charge in [0.1, 0.15) is 0 Å². The number of allylic oxidation sites excluding steroid dienone is 2. The zero-order chi connectivity index (χ0) is 9.81. The normalized spacial score (nSPS) is 43.3. The van der Waals surface area contributed by atoms with E-state index < -0.39 is 9.29 Å². The summed E-state index contributed by atoms with van der Waals surface area (Å²) in [5, 5.41) is 24.1. The lowest BCUT2D eigenvalue weighted by Gasteiger charge is -2.42. The van der Waals surface area contributed by atoms with Gasteiger partial charge in [-0.15, -0.1) is 0 Å². The number of aliphatic imine (C=N–C) groups is 2. The first kappa shape index (κ1) is 8.01. The molecule has 72 valence electrons. The average Bonchev–Trinajstić information content (AvgIpc) is 2.61. The fraction of sp³-hybridized carbons (Fsp3) is 0.250. The third kappa shape index (κ3) is 0.828. The Balaban J connectivity index is 2.16. The fourth-order valence-electron chi connectivity index (χ4n) is 1.79. The lowest BCUT2D eigenvalue weighted by Crippen LogP contribution is -2.44. The number of quaternary nitrogens is 2. The second-order valence-corrected chi connectivity index (χ2v) is 3.61. The zero-order valence-electron chi connectivity index (χ0n) is 7.33. The summed E-state index contributed by atoms with van der Waals surface area (Å²) in [5.74, 6) is 0. The number of hydrogen-bond donors (Lipinski definition) is 0. The van der Waals surface area contributed by atoms with Gasteiger partial charge in [0.05, 0.1) is 12.4 Å². The van der Waals surface area contributed by atoms with E-state index in [9.17, 15) is 10.4 Å². The highest BCUT2D eigenvalue weighted by Crippen LogP contribution is 2.34. The quantitative estimate of drug-likeness (QED) is 0.411. The molecule has 0 fully saturated rings.